The maximum absolute atomic E-state index is 12.1. The van der Waals surface area contributed by atoms with Gasteiger partial charge in [-0.05, 0) is 47.7 Å². The average Bonchev–Trinajstić information content (AvgIpc) is 2.56. The summed E-state index contributed by atoms with van der Waals surface area (Å²) in [6, 6.07) is 15.0. The van der Waals surface area contributed by atoms with Gasteiger partial charge in [0.2, 0.25) is 5.91 Å². The molecule has 0 spiro atoms. The highest BCUT2D eigenvalue weighted by Crippen LogP contribution is 2.12. The molecule has 2 rings (SSSR count). The Bertz CT molecular complexity index is 689. The Hall–Kier alpha value is -2.62. The fraction of sp³-hybridized carbons (Fsp3) is 0.300. The third kappa shape index (κ3) is 5.23. The van der Waals surface area contributed by atoms with Gasteiger partial charge in [0, 0.05) is 18.3 Å². The minimum atomic E-state index is -0.144. The zero-order chi connectivity index (χ0) is 17.5. The zero-order valence-electron chi connectivity index (χ0n) is 14.4. The molecule has 0 unspecified atom stereocenters. The van der Waals surface area contributed by atoms with Crippen LogP contribution in [0.1, 0.15) is 35.3 Å². The average molecular weight is 324 g/mol. The highest BCUT2D eigenvalue weighted by Gasteiger charge is 2.07. The molecule has 0 aliphatic heterocycles. The lowest BCUT2D eigenvalue weighted by Crippen LogP contribution is -2.18. The van der Waals surface area contributed by atoms with Crippen LogP contribution in [0, 0.1) is 5.92 Å². The Morgan fingerprint density at radius 2 is 1.50 bits per heavy atom. The summed E-state index contributed by atoms with van der Waals surface area (Å²) in [7, 11) is 1.59. The first kappa shape index (κ1) is 17.7. The molecule has 0 radical (unpaired) electrons. The molecule has 0 heterocycles. The monoisotopic (exact) mass is 324 g/mol. The highest BCUT2D eigenvalue weighted by molar-refractivity contribution is 5.96. The van der Waals surface area contributed by atoms with Gasteiger partial charge >= 0.3 is 0 Å². The number of hydrogen-bond donors (Lipinski definition) is 2. The van der Waals surface area contributed by atoms with Crippen molar-refractivity contribution in [2.45, 2.75) is 26.7 Å². The van der Waals surface area contributed by atoms with Gasteiger partial charge in [0.1, 0.15) is 0 Å². The molecule has 2 amide bonds. The summed E-state index contributed by atoms with van der Waals surface area (Å²) in [5.41, 5.74) is 3.53. The topological polar surface area (TPSA) is 58.2 Å². The Labute approximate surface area is 143 Å². The summed E-state index contributed by atoms with van der Waals surface area (Å²) < 4.78 is 0. The van der Waals surface area contributed by atoms with Crippen LogP contribution in [-0.2, 0) is 17.6 Å². The van der Waals surface area contributed by atoms with Gasteiger partial charge in [0.15, 0.2) is 0 Å². The number of nitrogens with one attached hydrogen (secondary N) is 2. The fourth-order valence-electron chi connectivity index (χ4n) is 2.50. The van der Waals surface area contributed by atoms with Crippen LogP contribution in [0.2, 0.25) is 0 Å². The molecular weight excluding hydrogens is 300 g/mol. The van der Waals surface area contributed by atoms with E-state index in [0.717, 1.165) is 12.0 Å². The van der Waals surface area contributed by atoms with Crippen molar-refractivity contribution >= 4 is 17.5 Å². The molecule has 0 bridgehead atoms. The molecule has 0 aromatic heterocycles. The quantitative estimate of drug-likeness (QED) is 0.855. The first-order valence-electron chi connectivity index (χ1n) is 8.17. The summed E-state index contributed by atoms with van der Waals surface area (Å²) in [4.78, 5) is 23.6. The van der Waals surface area contributed by atoms with Gasteiger partial charge < -0.3 is 10.6 Å². The maximum atomic E-state index is 12.1. The van der Waals surface area contributed by atoms with E-state index in [1.165, 1.54) is 5.56 Å². The number of hydrogen-bond acceptors (Lipinski definition) is 2. The van der Waals surface area contributed by atoms with Gasteiger partial charge in [-0.1, -0.05) is 38.1 Å². The summed E-state index contributed by atoms with van der Waals surface area (Å²) in [6.07, 6.45) is 1.38. The van der Waals surface area contributed by atoms with Crippen molar-refractivity contribution in [1.29, 1.82) is 0 Å². The van der Waals surface area contributed by atoms with Gasteiger partial charge in [-0.2, -0.15) is 0 Å². The van der Waals surface area contributed by atoms with Crippen LogP contribution in [0.5, 0.6) is 0 Å². The van der Waals surface area contributed by atoms with Gasteiger partial charge in [0.05, 0.1) is 6.42 Å². The van der Waals surface area contributed by atoms with Crippen molar-refractivity contribution < 1.29 is 9.59 Å². The maximum Gasteiger partial charge on any atom is 0.251 e. The van der Waals surface area contributed by atoms with Crippen LogP contribution in [0.25, 0.3) is 0 Å². The number of carbonyl (C=O) groups excluding carboxylic acids is 2. The van der Waals surface area contributed by atoms with Crippen LogP contribution in [0.15, 0.2) is 48.5 Å². The smallest absolute Gasteiger partial charge is 0.251 e. The normalized spacial score (nSPS) is 10.5. The number of anilines is 1. The Morgan fingerprint density at radius 3 is 2.04 bits per heavy atom. The molecule has 2 aromatic rings. The van der Waals surface area contributed by atoms with E-state index in [9.17, 15) is 9.59 Å². The van der Waals surface area contributed by atoms with Crippen molar-refractivity contribution in [3.05, 3.63) is 65.2 Å². The highest BCUT2D eigenvalue weighted by atomic mass is 16.2. The molecule has 0 atom stereocenters. The van der Waals surface area contributed by atoms with E-state index >= 15 is 0 Å². The van der Waals surface area contributed by atoms with E-state index in [1.54, 1.807) is 31.3 Å². The van der Waals surface area contributed by atoms with Crippen molar-refractivity contribution in [3.8, 4) is 0 Å². The Morgan fingerprint density at radius 1 is 0.917 bits per heavy atom. The summed E-state index contributed by atoms with van der Waals surface area (Å²) in [5, 5.41) is 5.41. The second kappa shape index (κ2) is 8.29. The van der Waals surface area contributed by atoms with Crippen molar-refractivity contribution in [2.75, 3.05) is 12.4 Å². The second-order valence-electron chi connectivity index (χ2n) is 6.30. The molecule has 126 valence electrons. The third-order valence-electron chi connectivity index (χ3n) is 3.69. The molecule has 4 heteroatoms. The molecule has 0 aliphatic carbocycles. The van der Waals surface area contributed by atoms with Gasteiger partial charge in [-0.15, -0.1) is 0 Å². The molecule has 2 aromatic carbocycles. The predicted molar refractivity (Wildman–Crippen MR) is 97.1 cm³/mol. The van der Waals surface area contributed by atoms with Crippen LogP contribution < -0.4 is 10.6 Å². The molecule has 0 saturated heterocycles. The van der Waals surface area contributed by atoms with E-state index in [4.69, 9.17) is 0 Å². The van der Waals surface area contributed by atoms with Crippen molar-refractivity contribution in [2.24, 2.45) is 5.92 Å². The first-order chi connectivity index (χ1) is 11.5. The minimum absolute atomic E-state index is 0.0701. The number of amides is 2. The summed E-state index contributed by atoms with van der Waals surface area (Å²) in [6.45, 7) is 4.38. The van der Waals surface area contributed by atoms with Crippen LogP contribution in [0.3, 0.4) is 0 Å². The standard InChI is InChI=1S/C20H24N2O2/c1-14(2)12-15-4-6-16(7-5-15)13-19(23)22-18-10-8-17(9-11-18)20(24)21-3/h4-11,14H,12-13H2,1-3H3,(H,21,24)(H,22,23). The number of carbonyl (C=O) groups is 2. The Kier molecular flexibility index (Phi) is 6.13. The van der Waals surface area contributed by atoms with Crippen LogP contribution in [0.4, 0.5) is 5.69 Å². The zero-order valence-corrected chi connectivity index (χ0v) is 14.4. The molecule has 4 nitrogen and oxygen atoms in total. The third-order valence-corrected chi connectivity index (χ3v) is 3.69. The van der Waals surface area contributed by atoms with Crippen LogP contribution >= 0.6 is 0 Å². The number of rotatable bonds is 6. The summed E-state index contributed by atoms with van der Waals surface area (Å²) >= 11 is 0. The molecule has 24 heavy (non-hydrogen) atoms. The lowest BCUT2D eigenvalue weighted by molar-refractivity contribution is -0.115. The van der Waals surface area contributed by atoms with E-state index in [1.807, 2.05) is 12.1 Å². The number of benzene rings is 2. The molecule has 0 aliphatic rings. The second-order valence-corrected chi connectivity index (χ2v) is 6.30. The Balaban J connectivity index is 1.92. The summed E-state index contributed by atoms with van der Waals surface area (Å²) in [5.74, 6) is 0.408. The largest absolute Gasteiger partial charge is 0.355 e. The lowest BCUT2D eigenvalue weighted by atomic mass is 10.0. The van der Waals surface area contributed by atoms with Gasteiger partial charge in [-0.3, -0.25) is 9.59 Å². The molecule has 2 N–H and O–H groups in total. The van der Waals surface area contributed by atoms with E-state index in [0.29, 0.717) is 23.6 Å². The first-order valence-corrected chi connectivity index (χ1v) is 8.17. The van der Waals surface area contributed by atoms with Crippen molar-refractivity contribution in [1.82, 2.24) is 5.32 Å². The van der Waals surface area contributed by atoms with Gasteiger partial charge in [-0.25, -0.2) is 0 Å². The SMILES string of the molecule is CNC(=O)c1ccc(NC(=O)Cc2ccc(CC(C)C)cc2)cc1. The molecule has 0 saturated carbocycles. The minimum Gasteiger partial charge on any atom is -0.355 e. The predicted octanol–water partition coefficient (Wildman–Crippen LogP) is 3.43. The van der Waals surface area contributed by atoms with E-state index in [-0.39, 0.29) is 11.8 Å². The molecule has 0 fully saturated rings. The van der Waals surface area contributed by atoms with Gasteiger partial charge in [0.25, 0.3) is 5.91 Å². The van der Waals surface area contributed by atoms with Crippen molar-refractivity contribution in [3.63, 3.8) is 0 Å². The van der Waals surface area contributed by atoms with Crippen LogP contribution in [-0.4, -0.2) is 18.9 Å². The fourth-order valence-corrected chi connectivity index (χ4v) is 2.50. The lowest BCUT2D eigenvalue weighted by Gasteiger charge is -2.08. The molecular formula is C20H24N2O2. The van der Waals surface area contributed by atoms with E-state index < -0.39 is 0 Å². The van der Waals surface area contributed by atoms with E-state index in [2.05, 4.69) is 36.6 Å².